The molecular formula is C25H37N3O8S. The molecule has 12 heteroatoms. The van der Waals surface area contributed by atoms with Gasteiger partial charge in [-0.25, -0.2) is 4.79 Å². The highest BCUT2D eigenvalue weighted by Gasteiger charge is 2.47. The van der Waals surface area contributed by atoms with Crippen LogP contribution in [0.4, 0.5) is 4.79 Å². The normalized spacial score (nSPS) is 21.0. The summed E-state index contributed by atoms with van der Waals surface area (Å²) in [6.45, 7) is 6.07. The van der Waals surface area contributed by atoms with Gasteiger partial charge in [-0.1, -0.05) is 43.7 Å². The lowest BCUT2D eigenvalue weighted by Gasteiger charge is -2.28. The van der Waals surface area contributed by atoms with Crippen molar-refractivity contribution >= 4 is 28.0 Å². The van der Waals surface area contributed by atoms with Crippen molar-refractivity contribution in [3.8, 4) is 0 Å². The van der Waals surface area contributed by atoms with Crippen molar-refractivity contribution in [2.75, 3.05) is 6.54 Å². The number of nitrogens with one attached hydrogen (secondary N) is 3. The molecule has 5 N–H and O–H groups in total. The van der Waals surface area contributed by atoms with Gasteiger partial charge in [0.05, 0.1) is 6.04 Å². The quantitative estimate of drug-likeness (QED) is 0.248. The van der Waals surface area contributed by atoms with Gasteiger partial charge in [-0.2, -0.15) is 8.42 Å². The predicted octanol–water partition coefficient (Wildman–Crippen LogP) is 1.43. The summed E-state index contributed by atoms with van der Waals surface area (Å²) in [5.74, 6) is -1.74. The molecule has 3 amide bonds. The van der Waals surface area contributed by atoms with Crippen LogP contribution in [0.5, 0.6) is 0 Å². The van der Waals surface area contributed by atoms with E-state index in [0.717, 1.165) is 11.1 Å². The Bertz CT molecular complexity index is 1090. The van der Waals surface area contributed by atoms with Crippen molar-refractivity contribution in [3.05, 3.63) is 35.4 Å². The molecule has 1 heterocycles. The summed E-state index contributed by atoms with van der Waals surface area (Å²) in [7, 11) is -4.93. The molecule has 11 nitrogen and oxygen atoms in total. The minimum atomic E-state index is -4.93. The van der Waals surface area contributed by atoms with E-state index in [1.54, 1.807) is 0 Å². The molecule has 1 saturated carbocycles. The zero-order valence-corrected chi connectivity index (χ0v) is 22.2. The summed E-state index contributed by atoms with van der Waals surface area (Å²) < 4.78 is 38.4. The van der Waals surface area contributed by atoms with Crippen molar-refractivity contribution in [1.29, 1.82) is 0 Å². The molecule has 206 valence electrons. The maximum Gasteiger partial charge on any atom is 0.408 e. The summed E-state index contributed by atoms with van der Waals surface area (Å²) in [5, 5.41) is 17.8. The molecule has 1 saturated heterocycles. The molecule has 1 aliphatic heterocycles. The van der Waals surface area contributed by atoms with Crippen LogP contribution in [0.25, 0.3) is 0 Å². The van der Waals surface area contributed by atoms with Crippen LogP contribution in [-0.2, 0) is 30.9 Å². The van der Waals surface area contributed by atoms with Gasteiger partial charge in [0, 0.05) is 18.9 Å². The highest BCUT2D eigenvalue weighted by atomic mass is 32.2. The molecule has 0 spiro atoms. The van der Waals surface area contributed by atoms with E-state index in [2.05, 4.69) is 16.0 Å². The minimum absolute atomic E-state index is 0.0240. The molecule has 1 aliphatic carbocycles. The summed E-state index contributed by atoms with van der Waals surface area (Å²) in [6.07, 6.45) is 1.58. The van der Waals surface area contributed by atoms with E-state index < -0.39 is 51.2 Å². The van der Waals surface area contributed by atoms with Crippen LogP contribution >= 0.6 is 0 Å². The summed E-state index contributed by atoms with van der Waals surface area (Å²) in [6, 6.07) is 5.40. The monoisotopic (exact) mass is 539 g/mol. The maximum atomic E-state index is 13.1. The van der Waals surface area contributed by atoms with E-state index in [9.17, 15) is 32.5 Å². The van der Waals surface area contributed by atoms with Crippen LogP contribution in [0.3, 0.4) is 0 Å². The number of hydrogen-bond acceptors (Lipinski definition) is 7. The van der Waals surface area contributed by atoms with Crippen molar-refractivity contribution in [1.82, 2.24) is 16.0 Å². The first kappa shape index (κ1) is 28.9. The number of aliphatic hydroxyl groups excluding tert-OH is 1. The predicted molar refractivity (Wildman–Crippen MR) is 135 cm³/mol. The van der Waals surface area contributed by atoms with Gasteiger partial charge in [0.15, 0.2) is 0 Å². The lowest BCUT2D eigenvalue weighted by molar-refractivity contribution is -0.126. The standard InChI is InChI=1S/C25H37N3O8S/c1-15(2)12-19(28-24(32)36-25(9-10-25)14-17-6-4-16(3)5-7-17)22(30)27-20(23(31)37(33,34)35)13-18-8-11-26-21(18)29/h4-7,15,18-20,23,31H,8-14H2,1-3H3,(H,26,29)(H,27,30)(H,28,32)(H,33,34,35)/t18-,19-,20-,23?/m0/s1. The van der Waals surface area contributed by atoms with Gasteiger partial charge in [-0.3, -0.25) is 14.1 Å². The van der Waals surface area contributed by atoms with E-state index in [1.165, 1.54) is 0 Å². The zero-order valence-electron chi connectivity index (χ0n) is 21.4. The first-order valence-electron chi connectivity index (χ1n) is 12.6. The SMILES string of the molecule is Cc1ccc(CC2(OC(=O)N[C@@H](CC(C)C)C(=O)N[C@@H](C[C@@H]3CCNC3=O)C(O)S(=O)(=O)O)CC2)cc1. The molecule has 4 atom stereocenters. The number of benzene rings is 1. The van der Waals surface area contributed by atoms with Crippen LogP contribution in [0.15, 0.2) is 24.3 Å². The second-order valence-electron chi connectivity index (χ2n) is 10.6. The molecule has 0 radical (unpaired) electrons. The van der Waals surface area contributed by atoms with Crippen LogP contribution in [0, 0.1) is 18.8 Å². The third kappa shape index (κ3) is 8.41. The van der Waals surface area contributed by atoms with Crippen molar-refractivity contribution in [3.63, 3.8) is 0 Å². The van der Waals surface area contributed by atoms with Gasteiger partial charge >= 0.3 is 6.09 Å². The highest BCUT2D eigenvalue weighted by Crippen LogP contribution is 2.42. The van der Waals surface area contributed by atoms with Crippen molar-refractivity contribution < 1.29 is 37.2 Å². The van der Waals surface area contributed by atoms with Crippen molar-refractivity contribution in [2.24, 2.45) is 11.8 Å². The summed E-state index contributed by atoms with van der Waals surface area (Å²) >= 11 is 0. The van der Waals surface area contributed by atoms with E-state index in [1.807, 2.05) is 45.0 Å². The van der Waals surface area contributed by atoms with Gasteiger partial charge in [-0.15, -0.1) is 0 Å². The van der Waals surface area contributed by atoms with Crippen LogP contribution in [0.1, 0.15) is 57.1 Å². The molecule has 1 aromatic rings. The third-order valence-corrected chi connectivity index (χ3v) is 7.70. The van der Waals surface area contributed by atoms with Gasteiger partial charge in [-0.05, 0) is 50.5 Å². The van der Waals surface area contributed by atoms with Gasteiger partial charge < -0.3 is 25.8 Å². The van der Waals surface area contributed by atoms with Crippen LogP contribution in [-0.4, -0.2) is 65.7 Å². The number of alkyl carbamates (subject to hydrolysis) is 1. The average Bonchev–Trinajstić information content (AvgIpc) is 3.42. The number of rotatable bonds is 12. The Morgan fingerprint density at radius 2 is 1.84 bits per heavy atom. The van der Waals surface area contributed by atoms with Crippen molar-refractivity contribution in [2.45, 2.75) is 82.4 Å². The second-order valence-corrected chi connectivity index (χ2v) is 12.1. The first-order valence-corrected chi connectivity index (χ1v) is 14.1. The molecule has 37 heavy (non-hydrogen) atoms. The molecule has 2 aliphatic rings. The molecular weight excluding hydrogens is 502 g/mol. The Balaban J connectivity index is 1.67. The van der Waals surface area contributed by atoms with Gasteiger partial charge in [0.2, 0.25) is 17.3 Å². The Labute approximate surface area is 217 Å². The van der Waals surface area contributed by atoms with Crippen LogP contribution in [0.2, 0.25) is 0 Å². The topological polar surface area (TPSA) is 171 Å². The number of amides is 3. The van der Waals surface area contributed by atoms with E-state index in [-0.39, 0.29) is 24.7 Å². The minimum Gasteiger partial charge on any atom is -0.443 e. The van der Waals surface area contributed by atoms with E-state index >= 15 is 0 Å². The molecule has 0 bridgehead atoms. The number of aliphatic hydroxyl groups is 1. The fraction of sp³-hybridized carbons (Fsp3) is 0.640. The molecule has 2 fully saturated rings. The molecule has 0 aromatic heterocycles. The fourth-order valence-corrected chi connectivity index (χ4v) is 5.11. The van der Waals surface area contributed by atoms with Crippen LogP contribution < -0.4 is 16.0 Å². The molecule has 1 unspecified atom stereocenters. The van der Waals surface area contributed by atoms with E-state index in [0.29, 0.717) is 32.2 Å². The smallest absolute Gasteiger partial charge is 0.408 e. The molecule has 1 aromatic carbocycles. The maximum absolute atomic E-state index is 13.1. The summed E-state index contributed by atoms with van der Waals surface area (Å²) in [4.78, 5) is 37.9. The number of carbonyl (C=O) groups is 3. The van der Waals surface area contributed by atoms with Gasteiger partial charge in [0.25, 0.3) is 10.1 Å². The highest BCUT2D eigenvalue weighted by molar-refractivity contribution is 7.86. The van der Waals surface area contributed by atoms with Gasteiger partial charge in [0.1, 0.15) is 11.6 Å². The number of hydrogen-bond donors (Lipinski definition) is 5. The third-order valence-electron chi connectivity index (χ3n) is 6.76. The number of carbonyl (C=O) groups excluding carboxylic acids is 3. The lowest BCUT2D eigenvalue weighted by atomic mass is 9.97. The zero-order chi connectivity index (χ0) is 27.4. The largest absolute Gasteiger partial charge is 0.443 e. The number of ether oxygens (including phenoxy) is 1. The first-order chi connectivity index (χ1) is 17.3. The Morgan fingerprint density at radius 1 is 1.19 bits per heavy atom. The fourth-order valence-electron chi connectivity index (χ4n) is 4.52. The Morgan fingerprint density at radius 3 is 2.35 bits per heavy atom. The molecule has 3 rings (SSSR count). The van der Waals surface area contributed by atoms with E-state index in [4.69, 9.17) is 4.74 Å². The Hall–Kier alpha value is -2.70. The summed E-state index contributed by atoms with van der Waals surface area (Å²) in [5.41, 5.74) is -0.815. The second kappa shape index (κ2) is 11.8. The average molecular weight is 540 g/mol. The lowest BCUT2D eigenvalue weighted by Crippen LogP contribution is -2.55. The number of aryl methyl sites for hydroxylation is 1. The Kier molecular flexibility index (Phi) is 9.19.